The van der Waals surface area contributed by atoms with Gasteiger partial charge in [0.2, 0.25) is 0 Å². The Balaban J connectivity index is 0. The van der Waals surface area contributed by atoms with Gasteiger partial charge in [-0.15, -0.1) is 0 Å². The monoisotopic (exact) mass is 222 g/mol. The Hall–Kier alpha value is 0.380. The minimum atomic E-state index is -4.04. The fraction of sp³-hybridized carbons (Fsp3) is 0.400. The second-order valence-corrected chi connectivity index (χ2v) is 3.23. The summed E-state index contributed by atoms with van der Waals surface area (Å²) >= 11 is 0. The van der Waals surface area contributed by atoms with E-state index in [4.69, 9.17) is 4.55 Å². The van der Waals surface area contributed by atoms with Crippen LogP contribution in [0.4, 0.5) is 0 Å². The summed E-state index contributed by atoms with van der Waals surface area (Å²) in [5.41, 5.74) is 0. The zero-order valence-corrected chi connectivity index (χ0v) is 6.50. The third-order valence-corrected chi connectivity index (χ3v) is 1.43. The van der Waals surface area contributed by atoms with Crippen LogP contribution in [0.2, 0.25) is 0 Å². The molecule has 12 heavy (non-hydrogen) atoms. The van der Waals surface area contributed by atoms with E-state index in [0.717, 1.165) is 6.08 Å². The zero-order valence-electron chi connectivity index (χ0n) is 5.69. The average molecular weight is 222 g/mol. The average Bonchev–Trinajstić information content (AvgIpc) is 1.85. The predicted octanol–water partition coefficient (Wildman–Crippen LogP) is -1.31. The number of hydrogen-bond donors (Lipinski definition) is 1. The Morgan fingerprint density at radius 3 is 2.42 bits per heavy atom. The second-order valence-electron chi connectivity index (χ2n) is 1.66. The molecule has 0 bridgehead atoms. The van der Waals surface area contributed by atoms with Crippen LogP contribution in [0.3, 0.4) is 0 Å². The number of rotatable bonds is 4. The minimum absolute atomic E-state index is 0. The standard InChI is InChI=1S/C5H8O5S.Ca.2H/c1-2-5(6)10-3-4-11(7,8)9;;;/h2H,1,3-4H2,(H,7,8,9);;;. The molecule has 0 aromatic heterocycles. The van der Waals surface area contributed by atoms with Crippen molar-refractivity contribution in [3.63, 3.8) is 0 Å². The van der Waals surface area contributed by atoms with E-state index in [-0.39, 0.29) is 44.3 Å². The first-order valence-corrected chi connectivity index (χ1v) is 4.31. The molecule has 5 nitrogen and oxygen atoms in total. The molecule has 0 saturated heterocycles. The topological polar surface area (TPSA) is 80.7 Å². The fourth-order valence-corrected chi connectivity index (χ4v) is 0.600. The number of carbonyl (C=O) groups excluding carboxylic acids is 1. The molecule has 0 aromatic rings. The van der Waals surface area contributed by atoms with Crippen LogP contribution in [0, 0.1) is 0 Å². The third-order valence-electron chi connectivity index (χ3n) is 0.752. The zero-order chi connectivity index (χ0) is 8.91. The SMILES string of the molecule is C=CC(=O)OCCS(=O)(=O)O.[CaH2]. The molecule has 0 aliphatic heterocycles. The molecule has 0 unspecified atom stereocenters. The summed E-state index contributed by atoms with van der Waals surface area (Å²) in [6, 6.07) is 0. The maximum absolute atomic E-state index is 10.3. The number of carbonyl (C=O) groups is 1. The molecule has 0 aliphatic rings. The Bertz CT molecular complexity index is 245. The summed E-state index contributed by atoms with van der Waals surface area (Å²) in [7, 11) is -4.04. The maximum atomic E-state index is 10.3. The van der Waals surface area contributed by atoms with Crippen LogP contribution in [-0.2, 0) is 19.6 Å². The van der Waals surface area contributed by atoms with Crippen LogP contribution in [0.15, 0.2) is 12.7 Å². The van der Waals surface area contributed by atoms with Crippen LogP contribution < -0.4 is 0 Å². The van der Waals surface area contributed by atoms with Crippen molar-refractivity contribution in [3.05, 3.63) is 12.7 Å². The molecule has 0 spiro atoms. The Kier molecular flexibility index (Phi) is 8.49. The molecule has 0 amide bonds. The van der Waals surface area contributed by atoms with Crippen molar-refractivity contribution in [1.82, 2.24) is 0 Å². The first kappa shape index (κ1) is 14.9. The van der Waals surface area contributed by atoms with Crippen LogP contribution in [-0.4, -0.2) is 69.0 Å². The van der Waals surface area contributed by atoms with Gasteiger partial charge in [-0.3, -0.25) is 4.55 Å². The molecule has 0 heterocycles. The molecule has 0 radical (unpaired) electrons. The summed E-state index contributed by atoms with van der Waals surface area (Å²) < 4.78 is 32.5. The van der Waals surface area contributed by atoms with Crippen molar-refractivity contribution in [2.24, 2.45) is 0 Å². The van der Waals surface area contributed by atoms with Gasteiger partial charge in [0, 0.05) is 6.08 Å². The summed E-state index contributed by atoms with van der Waals surface area (Å²) in [6.45, 7) is 2.73. The Labute approximate surface area is 101 Å². The van der Waals surface area contributed by atoms with Crippen LogP contribution in [0.5, 0.6) is 0 Å². The van der Waals surface area contributed by atoms with Gasteiger partial charge in [0.25, 0.3) is 10.1 Å². The number of ether oxygens (including phenoxy) is 1. The van der Waals surface area contributed by atoms with Gasteiger partial charge in [-0.2, -0.15) is 8.42 Å². The normalized spacial score (nSPS) is 9.75. The van der Waals surface area contributed by atoms with Gasteiger partial charge in [-0.05, 0) is 0 Å². The molecular formula is C5H10CaO5S. The van der Waals surface area contributed by atoms with Gasteiger partial charge >= 0.3 is 43.7 Å². The molecule has 1 N–H and O–H groups in total. The van der Waals surface area contributed by atoms with Gasteiger partial charge in [0.05, 0.1) is 0 Å². The molecule has 0 aromatic carbocycles. The van der Waals surface area contributed by atoms with Crippen molar-refractivity contribution in [3.8, 4) is 0 Å². The first-order chi connectivity index (χ1) is 4.95. The molecule has 0 saturated carbocycles. The van der Waals surface area contributed by atoms with E-state index < -0.39 is 21.8 Å². The van der Waals surface area contributed by atoms with Crippen molar-refractivity contribution in [2.75, 3.05) is 12.4 Å². The summed E-state index contributed by atoms with van der Waals surface area (Å²) in [6.07, 6.45) is 0.907. The van der Waals surface area contributed by atoms with E-state index in [1.165, 1.54) is 0 Å². The Morgan fingerprint density at radius 1 is 1.58 bits per heavy atom. The van der Waals surface area contributed by atoms with E-state index in [0.29, 0.717) is 0 Å². The third kappa shape index (κ3) is 10.4. The quantitative estimate of drug-likeness (QED) is 0.276. The van der Waals surface area contributed by atoms with Gasteiger partial charge in [-0.25, -0.2) is 4.79 Å². The molecule has 68 valence electrons. The summed E-state index contributed by atoms with van der Waals surface area (Å²) in [5, 5.41) is 0. The van der Waals surface area contributed by atoms with Crippen LogP contribution in [0.1, 0.15) is 0 Å². The van der Waals surface area contributed by atoms with Crippen molar-refractivity contribution >= 4 is 53.8 Å². The molecule has 0 aliphatic carbocycles. The van der Waals surface area contributed by atoms with Gasteiger partial charge < -0.3 is 4.74 Å². The molecule has 0 rings (SSSR count). The van der Waals surface area contributed by atoms with E-state index >= 15 is 0 Å². The summed E-state index contributed by atoms with van der Waals surface area (Å²) in [5.74, 6) is -1.30. The van der Waals surface area contributed by atoms with Crippen LogP contribution >= 0.6 is 0 Å². The first-order valence-electron chi connectivity index (χ1n) is 2.70. The van der Waals surface area contributed by atoms with Crippen molar-refractivity contribution in [2.45, 2.75) is 0 Å². The van der Waals surface area contributed by atoms with E-state index in [1.54, 1.807) is 0 Å². The van der Waals surface area contributed by atoms with Crippen LogP contribution in [0.25, 0.3) is 0 Å². The van der Waals surface area contributed by atoms with E-state index in [9.17, 15) is 13.2 Å². The molecule has 0 fully saturated rings. The van der Waals surface area contributed by atoms with Crippen molar-refractivity contribution in [1.29, 1.82) is 0 Å². The molecule has 0 atom stereocenters. The van der Waals surface area contributed by atoms with E-state index in [1.807, 2.05) is 0 Å². The van der Waals surface area contributed by atoms with Gasteiger partial charge in [0.1, 0.15) is 12.4 Å². The number of esters is 1. The van der Waals surface area contributed by atoms with Gasteiger partial charge in [0.15, 0.2) is 0 Å². The van der Waals surface area contributed by atoms with Crippen molar-refractivity contribution < 1.29 is 22.5 Å². The summed E-state index contributed by atoms with van der Waals surface area (Å²) in [4.78, 5) is 10.3. The molecular weight excluding hydrogens is 212 g/mol. The predicted molar refractivity (Wildman–Crippen MR) is 46.1 cm³/mol. The fourth-order valence-electron chi connectivity index (χ4n) is 0.306. The number of hydrogen-bond acceptors (Lipinski definition) is 4. The Morgan fingerprint density at radius 2 is 2.08 bits per heavy atom. The van der Waals surface area contributed by atoms with Gasteiger partial charge in [-0.1, -0.05) is 6.58 Å². The second kappa shape index (κ2) is 6.85. The van der Waals surface area contributed by atoms with E-state index in [2.05, 4.69) is 11.3 Å². The molecule has 7 heteroatoms.